The Kier molecular flexibility index (Phi) is 7.33. The summed E-state index contributed by atoms with van der Waals surface area (Å²) in [5, 5.41) is 0. The lowest BCUT2D eigenvalue weighted by atomic mass is 10.0. The van der Waals surface area contributed by atoms with Crippen molar-refractivity contribution in [2.45, 2.75) is 49.4 Å². The molecule has 1 amide bonds. The Morgan fingerprint density at radius 1 is 1.09 bits per heavy atom. The SMILES string of the molecule is CCCn1c(=NC(=O)c2ccc(S(=O)(=O)N3CCCC(C)C3)cc2)sc2cc(S(C)(=O)=O)ccc21. The van der Waals surface area contributed by atoms with E-state index in [9.17, 15) is 21.6 Å². The summed E-state index contributed by atoms with van der Waals surface area (Å²) in [6.45, 7) is 5.69. The van der Waals surface area contributed by atoms with Gasteiger partial charge in [-0.15, -0.1) is 0 Å². The highest BCUT2D eigenvalue weighted by atomic mass is 32.2. The van der Waals surface area contributed by atoms with E-state index in [1.54, 1.807) is 18.2 Å². The van der Waals surface area contributed by atoms with Gasteiger partial charge in [0.15, 0.2) is 14.6 Å². The Morgan fingerprint density at radius 3 is 2.40 bits per heavy atom. The summed E-state index contributed by atoms with van der Waals surface area (Å²) in [7, 11) is -6.96. The second-order valence-corrected chi connectivity index (χ2v) is 14.0. The highest BCUT2D eigenvalue weighted by molar-refractivity contribution is 7.90. The fourth-order valence-corrected chi connectivity index (χ4v) is 7.66. The molecule has 1 atom stereocenters. The van der Waals surface area contributed by atoms with Gasteiger partial charge in [0.25, 0.3) is 5.91 Å². The van der Waals surface area contributed by atoms with Crippen molar-refractivity contribution >= 4 is 47.3 Å². The lowest BCUT2D eigenvalue weighted by molar-refractivity contribution is 0.0997. The summed E-state index contributed by atoms with van der Waals surface area (Å²) in [5.74, 6) is -0.164. The lowest BCUT2D eigenvalue weighted by Crippen LogP contribution is -2.39. The van der Waals surface area contributed by atoms with Crippen molar-refractivity contribution in [3.8, 4) is 0 Å². The maximum Gasteiger partial charge on any atom is 0.279 e. The number of sulfone groups is 1. The van der Waals surface area contributed by atoms with Crippen LogP contribution in [-0.4, -0.2) is 51.0 Å². The van der Waals surface area contributed by atoms with Crippen LogP contribution < -0.4 is 4.80 Å². The molecule has 0 radical (unpaired) electrons. The van der Waals surface area contributed by atoms with Crippen molar-refractivity contribution in [1.82, 2.24) is 8.87 Å². The van der Waals surface area contributed by atoms with Crippen LogP contribution in [0.25, 0.3) is 10.2 Å². The first-order chi connectivity index (χ1) is 16.5. The van der Waals surface area contributed by atoms with Crippen LogP contribution >= 0.6 is 11.3 Å². The number of carbonyl (C=O) groups is 1. The smallest absolute Gasteiger partial charge is 0.279 e. The standard InChI is InChI=1S/C24H29N3O5S3/c1-4-13-27-21-12-11-20(34(3,29)30)15-22(21)33-24(27)25-23(28)18-7-9-19(10-8-18)35(31,32)26-14-5-6-17(2)16-26/h7-12,15,17H,4-6,13-14,16H2,1-3H3. The zero-order chi connectivity index (χ0) is 25.4. The zero-order valence-corrected chi connectivity index (χ0v) is 22.4. The van der Waals surface area contributed by atoms with Gasteiger partial charge in [-0.1, -0.05) is 25.2 Å². The molecular formula is C24H29N3O5S3. The van der Waals surface area contributed by atoms with Crippen LogP contribution in [-0.2, 0) is 26.4 Å². The molecule has 1 saturated heterocycles. The molecule has 1 fully saturated rings. The molecule has 1 aromatic heterocycles. The van der Waals surface area contributed by atoms with Crippen molar-refractivity contribution < 1.29 is 21.6 Å². The van der Waals surface area contributed by atoms with Gasteiger partial charge in [0, 0.05) is 31.5 Å². The molecule has 1 aliphatic rings. The van der Waals surface area contributed by atoms with E-state index in [0.717, 1.165) is 35.7 Å². The summed E-state index contributed by atoms with van der Waals surface area (Å²) >= 11 is 1.25. The third-order valence-corrected chi connectivity index (χ3v) is 10.1. The van der Waals surface area contributed by atoms with Crippen LogP contribution in [0.15, 0.2) is 57.2 Å². The van der Waals surface area contributed by atoms with E-state index in [2.05, 4.69) is 4.99 Å². The maximum atomic E-state index is 13.0. The van der Waals surface area contributed by atoms with Gasteiger partial charge in [0.05, 0.1) is 20.0 Å². The highest BCUT2D eigenvalue weighted by Crippen LogP contribution is 2.24. The zero-order valence-electron chi connectivity index (χ0n) is 20.0. The number of piperidine rings is 1. The minimum Gasteiger partial charge on any atom is -0.316 e. The van der Waals surface area contributed by atoms with E-state index < -0.39 is 25.8 Å². The summed E-state index contributed by atoms with van der Waals surface area (Å²) in [6.07, 6.45) is 3.83. The first kappa shape index (κ1) is 25.7. The topological polar surface area (TPSA) is 106 Å². The number of thiazole rings is 1. The number of sulfonamides is 1. The largest absolute Gasteiger partial charge is 0.316 e. The third kappa shape index (κ3) is 5.42. The van der Waals surface area contributed by atoms with Gasteiger partial charge in [-0.2, -0.15) is 9.30 Å². The van der Waals surface area contributed by atoms with Crippen molar-refractivity contribution in [2.24, 2.45) is 10.9 Å². The number of aryl methyl sites for hydroxylation is 1. The molecule has 1 aliphatic heterocycles. The van der Waals surface area contributed by atoms with Gasteiger partial charge in [-0.05, 0) is 67.6 Å². The number of carbonyl (C=O) groups excluding carboxylic acids is 1. The molecule has 8 nitrogen and oxygen atoms in total. The Bertz CT molecular complexity index is 1540. The van der Waals surface area contributed by atoms with E-state index in [4.69, 9.17) is 0 Å². The number of hydrogen-bond donors (Lipinski definition) is 0. The summed E-state index contributed by atoms with van der Waals surface area (Å²) < 4.78 is 54.0. The predicted octanol–water partition coefficient (Wildman–Crippen LogP) is 3.68. The fourth-order valence-electron chi connectivity index (χ4n) is 4.24. The Morgan fingerprint density at radius 2 is 1.77 bits per heavy atom. The number of amides is 1. The van der Waals surface area contributed by atoms with E-state index >= 15 is 0 Å². The third-order valence-electron chi connectivity index (χ3n) is 6.09. The normalized spacial score (nSPS) is 18.3. The van der Waals surface area contributed by atoms with E-state index in [1.165, 1.54) is 39.9 Å². The second kappa shape index (κ2) is 9.96. The van der Waals surface area contributed by atoms with Gasteiger partial charge in [-0.3, -0.25) is 4.79 Å². The molecule has 0 spiro atoms. The molecule has 3 aromatic rings. The summed E-state index contributed by atoms with van der Waals surface area (Å²) in [4.78, 5) is 18.1. The molecule has 188 valence electrons. The minimum atomic E-state index is -3.60. The summed E-state index contributed by atoms with van der Waals surface area (Å²) in [6, 6.07) is 10.8. The molecule has 35 heavy (non-hydrogen) atoms. The molecule has 0 bridgehead atoms. The van der Waals surface area contributed by atoms with Gasteiger partial charge in [0.1, 0.15) is 0 Å². The summed E-state index contributed by atoms with van der Waals surface area (Å²) in [5.41, 5.74) is 1.10. The monoisotopic (exact) mass is 535 g/mol. The van der Waals surface area contributed by atoms with Crippen molar-refractivity contribution in [1.29, 1.82) is 0 Å². The number of aromatic nitrogens is 1. The van der Waals surface area contributed by atoms with E-state index in [1.807, 2.05) is 18.4 Å². The molecule has 11 heteroatoms. The van der Waals surface area contributed by atoms with Gasteiger partial charge in [0.2, 0.25) is 10.0 Å². The predicted molar refractivity (Wildman–Crippen MR) is 137 cm³/mol. The van der Waals surface area contributed by atoms with Crippen LogP contribution in [0.5, 0.6) is 0 Å². The maximum absolute atomic E-state index is 13.0. The number of benzene rings is 2. The molecule has 4 rings (SSSR count). The van der Waals surface area contributed by atoms with Gasteiger partial charge < -0.3 is 4.57 Å². The van der Waals surface area contributed by atoms with Crippen molar-refractivity contribution in [3.63, 3.8) is 0 Å². The molecule has 2 heterocycles. The fraction of sp³-hybridized carbons (Fsp3) is 0.417. The van der Waals surface area contributed by atoms with E-state index in [0.29, 0.717) is 30.4 Å². The molecule has 1 unspecified atom stereocenters. The Balaban J connectivity index is 1.67. The van der Waals surface area contributed by atoms with Crippen LogP contribution in [0, 0.1) is 5.92 Å². The molecule has 0 saturated carbocycles. The quantitative estimate of drug-likeness (QED) is 0.479. The first-order valence-corrected chi connectivity index (χ1v) is 15.7. The first-order valence-electron chi connectivity index (χ1n) is 11.5. The number of rotatable bonds is 6. The number of hydrogen-bond acceptors (Lipinski definition) is 6. The van der Waals surface area contributed by atoms with Crippen molar-refractivity contribution in [2.75, 3.05) is 19.3 Å². The van der Waals surface area contributed by atoms with Crippen LogP contribution in [0.4, 0.5) is 0 Å². The molecule has 0 aliphatic carbocycles. The van der Waals surface area contributed by atoms with Crippen LogP contribution in [0.2, 0.25) is 0 Å². The minimum absolute atomic E-state index is 0.166. The average Bonchev–Trinajstić information content (AvgIpc) is 3.15. The Labute approximate surface area is 209 Å². The highest BCUT2D eigenvalue weighted by Gasteiger charge is 2.28. The van der Waals surface area contributed by atoms with Crippen LogP contribution in [0.1, 0.15) is 43.5 Å². The lowest BCUT2D eigenvalue weighted by Gasteiger charge is -2.30. The number of fused-ring (bicyclic) bond motifs is 1. The molecule has 2 aromatic carbocycles. The number of nitrogens with zero attached hydrogens (tertiary/aromatic N) is 3. The Hall–Kier alpha value is -2.34. The molecule has 0 N–H and O–H groups in total. The average molecular weight is 536 g/mol. The molecular weight excluding hydrogens is 506 g/mol. The van der Waals surface area contributed by atoms with Gasteiger partial charge >= 0.3 is 0 Å². The van der Waals surface area contributed by atoms with Crippen LogP contribution in [0.3, 0.4) is 0 Å². The van der Waals surface area contributed by atoms with E-state index in [-0.39, 0.29) is 15.4 Å². The van der Waals surface area contributed by atoms with Crippen molar-refractivity contribution in [3.05, 3.63) is 52.8 Å². The van der Waals surface area contributed by atoms with Gasteiger partial charge in [-0.25, -0.2) is 16.8 Å². The second-order valence-electron chi connectivity index (χ2n) is 8.99.